The van der Waals surface area contributed by atoms with E-state index in [1.165, 1.54) is 5.56 Å². The van der Waals surface area contributed by atoms with E-state index in [9.17, 15) is 4.79 Å². The molecule has 142 valence electrons. The summed E-state index contributed by atoms with van der Waals surface area (Å²) in [7, 11) is 0. The van der Waals surface area contributed by atoms with Crippen molar-refractivity contribution >= 4 is 50.4 Å². The highest BCUT2D eigenvalue weighted by atomic mass is 127. The third kappa shape index (κ3) is 4.09. The number of hydrogen-bond donors (Lipinski definition) is 2. The van der Waals surface area contributed by atoms with Crippen molar-refractivity contribution in [2.45, 2.75) is 10.8 Å². The van der Waals surface area contributed by atoms with E-state index < -0.39 is 0 Å². The van der Waals surface area contributed by atoms with Crippen LogP contribution in [0.3, 0.4) is 0 Å². The summed E-state index contributed by atoms with van der Waals surface area (Å²) in [4.78, 5) is 24.3. The second-order valence-electron chi connectivity index (χ2n) is 6.35. The third-order valence-corrected chi connectivity index (χ3v) is 5.27. The van der Waals surface area contributed by atoms with Crippen LogP contribution in [0.15, 0.2) is 54.7 Å². The molecule has 0 bridgehead atoms. The fourth-order valence-corrected chi connectivity index (χ4v) is 3.74. The SMILES string of the molecule is O=C(COc1ccc(CI)c2cccnc12)NCCc1nc2ccccc2[nH]1. The number of nitrogens with zero attached hydrogens (tertiary/aromatic N) is 2. The Balaban J connectivity index is 1.33. The molecule has 0 fully saturated rings. The minimum atomic E-state index is -0.168. The molecule has 0 unspecified atom stereocenters. The van der Waals surface area contributed by atoms with Crippen LogP contribution >= 0.6 is 22.6 Å². The lowest BCUT2D eigenvalue weighted by atomic mass is 10.1. The van der Waals surface area contributed by atoms with Crippen LogP contribution in [-0.2, 0) is 15.6 Å². The van der Waals surface area contributed by atoms with Crippen LogP contribution in [0.2, 0.25) is 0 Å². The van der Waals surface area contributed by atoms with Crippen LogP contribution in [-0.4, -0.2) is 34.0 Å². The summed E-state index contributed by atoms with van der Waals surface area (Å²) >= 11 is 2.33. The number of H-pyrrole nitrogens is 1. The molecule has 0 aliphatic heterocycles. The van der Waals surface area contributed by atoms with E-state index in [-0.39, 0.29) is 12.5 Å². The van der Waals surface area contributed by atoms with Gasteiger partial charge in [-0.05, 0) is 29.8 Å². The first-order chi connectivity index (χ1) is 13.7. The number of fused-ring (bicyclic) bond motifs is 2. The maximum atomic E-state index is 12.1. The van der Waals surface area contributed by atoms with Gasteiger partial charge in [0.1, 0.15) is 17.1 Å². The lowest BCUT2D eigenvalue weighted by molar-refractivity contribution is -0.123. The Labute approximate surface area is 175 Å². The van der Waals surface area contributed by atoms with E-state index in [1.54, 1.807) is 6.20 Å². The Morgan fingerprint density at radius 1 is 1.14 bits per heavy atom. The van der Waals surface area contributed by atoms with Gasteiger partial charge in [0, 0.05) is 29.0 Å². The smallest absolute Gasteiger partial charge is 0.257 e. The number of hydrogen-bond acceptors (Lipinski definition) is 4. The molecule has 1 amide bonds. The number of aromatic amines is 1. The number of para-hydroxylation sites is 2. The number of carbonyl (C=O) groups is 1. The highest BCUT2D eigenvalue weighted by molar-refractivity contribution is 14.1. The molecular weight excluding hydrogens is 467 g/mol. The number of benzene rings is 2. The molecule has 0 atom stereocenters. The monoisotopic (exact) mass is 486 g/mol. The maximum Gasteiger partial charge on any atom is 0.257 e. The fraction of sp³-hybridized carbons (Fsp3) is 0.190. The first-order valence-electron chi connectivity index (χ1n) is 9.00. The van der Waals surface area contributed by atoms with Crippen molar-refractivity contribution in [1.82, 2.24) is 20.3 Å². The number of imidazole rings is 1. The Morgan fingerprint density at radius 2 is 2.04 bits per heavy atom. The zero-order valence-corrected chi connectivity index (χ0v) is 17.3. The maximum absolute atomic E-state index is 12.1. The highest BCUT2D eigenvalue weighted by Crippen LogP contribution is 2.27. The van der Waals surface area contributed by atoms with Gasteiger partial charge in [0.15, 0.2) is 6.61 Å². The predicted octanol–water partition coefficient (Wildman–Crippen LogP) is 3.78. The number of nitrogens with one attached hydrogen (secondary N) is 2. The summed E-state index contributed by atoms with van der Waals surface area (Å²) in [5, 5.41) is 3.93. The van der Waals surface area contributed by atoms with Crippen LogP contribution in [0.4, 0.5) is 0 Å². The zero-order valence-electron chi connectivity index (χ0n) is 15.1. The number of carbonyl (C=O) groups excluding carboxylic acids is 1. The normalized spacial score (nSPS) is 11.0. The van der Waals surface area contributed by atoms with Gasteiger partial charge in [-0.1, -0.05) is 46.9 Å². The van der Waals surface area contributed by atoms with Gasteiger partial charge in [0.05, 0.1) is 11.0 Å². The quantitative estimate of drug-likeness (QED) is 0.308. The summed E-state index contributed by atoms with van der Waals surface area (Å²) in [6.45, 7) is 0.449. The molecule has 0 saturated heterocycles. The predicted molar refractivity (Wildman–Crippen MR) is 118 cm³/mol. The van der Waals surface area contributed by atoms with Crippen molar-refractivity contribution in [1.29, 1.82) is 0 Å². The molecule has 4 rings (SSSR count). The Kier molecular flexibility index (Phi) is 5.70. The first-order valence-corrected chi connectivity index (χ1v) is 10.5. The summed E-state index contributed by atoms with van der Waals surface area (Å²) in [6.07, 6.45) is 2.37. The molecule has 2 aromatic heterocycles. The molecule has 0 spiro atoms. The van der Waals surface area contributed by atoms with E-state index in [4.69, 9.17) is 4.74 Å². The number of amides is 1. The zero-order chi connectivity index (χ0) is 19.3. The Morgan fingerprint density at radius 3 is 2.89 bits per heavy atom. The van der Waals surface area contributed by atoms with Crippen molar-refractivity contribution in [3.63, 3.8) is 0 Å². The average Bonchev–Trinajstić information content (AvgIpc) is 3.14. The minimum Gasteiger partial charge on any atom is -0.481 e. The van der Waals surface area contributed by atoms with Crippen LogP contribution in [0.5, 0.6) is 5.75 Å². The van der Waals surface area contributed by atoms with Gasteiger partial charge >= 0.3 is 0 Å². The van der Waals surface area contributed by atoms with E-state index >= 15 is 0 Å². The van der Waals surface area contributed by atoms with Crippen molar-refractivity contribution < 1.29 is 9.53 Å². The first kappa shape index (κ1) is 18.7. The third-order valence-electron chi connectivity index (χ3n) is 4.45. The largest absolute Gasteiger partial charge is 0.481 e. The number of halogens is 1. The summed E-state index contributed by atoms with van der Waals surface area (Å²) < 4.78 is 6.62. The van der Waals surface area contributed by atoms with Crippen LogP contribution < -0.4 is 10.1 Å². The topological polar surface area (TPSA) is 79.9 Å². The van der Waals surface area contributed by atoms with Gasteiger partial charge in [-0.25, -0.2) is 4.98 Å². The van der Waals surface area contributed by atoms with Crippen LogP contribution in [0.1, 0.15) is 11.4 Å². The molecule has 0 aliphatic carbocycles. The molecular formula is C21H19IN4O2. The Hall–Kier alpha value is -2.68. The number of alkyl halides is 1. The summed E-state index contributed by atoms with van der Waals surface area (Å²) in [5.41, 5.74) is 3.92. The summed E-state index contributed by atoms with van der Waals surface area (Å²) in [5.74, 6) is 1.31. The number of rotatable bonds is 7. The van der Waals surface area contributed by atoms with Crippen molar-refractivity contribution in [3.05, 3.63) is 66.1 Å². The van der Waals surface area contributed by atoms with Crippen molar-refractivity contribution in [2.24, 2.45) is 0 Å². The van der Waals surface area contributed by atoms with Gasteiger partial charge in [-0.3, -0.25) is 9.78 Å². The minimum absolute atomic E-state index is 0.0462. The van der Waals surface area contributed by atoms with Gasteiger partial charge in [0.2, 0.25) is 0 Å². The Bertz CT molecular complexity index is 1090. The molecule has 2 aromatic carbocycles. The molecule has 4 aromatic rings. The average molecular weight is 486 g/mol. The van der Waals surface area contributed by atoms with Crippen molar-refractivity contribution in [3.8, 4) is 5.75 Å². The molecule has 0 radical (unpaired) electrons. The fourth-order valence-electron chi connectivity index (χ4n) is 3.08. The van der Waals surface area contributed by atoms with Gasteiger partial charge in [-0.2, -0.15) is 0 Å². The molecule has 2 N–H and O–H groups in total. The molecule has 6 nitrogen and oxygen atoms in total. The van der Waals surface area contributed by atoms with Crippen LogP contribution in [0, 0.1) is 0 Å². The summed E-state index contributed by atoms with van der Waals surface area (Å²) in [6, 6.07) is 15.7. The van der Waals surface area contributed by atoms with Crippen molar-refractivity contribution in [2.75, 3.05) is 13.2 Å². The van der Waals surface area contributed by atoms with Gasteiger partial charge in [-0.15, -0.1) is 0 Å². The van der Waals surface area contributed by atoms with E-state index in [0.29, 0.717) is 18.7 Å². The second-order valence-corrected chi connectivity index (χ2v) is 7.11. The number of pyridine rings is 1. The van der Waals surface area contributed by atoms with Gasteiger partial charge in [0.25, 0.3) is 5.91 Å². The lowest BCUT2D eigenvalue weighted by Crippen LogP contribution is -2.30. The van der Waals surface area contributed by atoms with E-state index in [1.807, 2.05) is 48.5 Å². The second kappa shape index (κ2) is 8.55. The van der Waals surface area contributed by atoms with Crippen LogP contribution in [0.25, 0.3) is 21.9 Å². The lowest BCUT2D eigenvalue weighted by Gasteiger charge is -2.11. The van der Waals surface area contributed by atoms with Gasteiger partial charge < -0.3 is 15.0 Å². The molecule has 28 heavy (non-hydrogen) atoms. The number of aromatic nitrogens is 3. The highest BCUT2D eigenvalue weighted by Gasteiger charge is 2.10. The molecule has 7 heteroatoms. The molecule has 2 heterocycles. The molecule has 0 saturated carbocycles. The molecule has 0 aliphatic rings. The van der Waals surface area contributed by atoms with E-state index in [2.05, 4.69) is 42.9 Å². The van der Waals surface area contributed by atoms with E-state index in [0.717, 1.165) is 32.2 Å². The standard InChI is InChI=1S/C21H19IN4O2/c22-12-14-7-8-18(21-15(14)4-3-10-24-21)28-13-20(27)23-11-9-19-25-16-5-1-2-6-17(16)26-19/h1-8,10H,9,11-13H2,(H,23,27)(H,25,26). The number of ether oxygens (including phenoxy) is 1.